The van der Waals surface area contributed by atoms with Gasteiger partial charge in [0.2, 0.25) is 0 Å². The van der Waals surface area contributed by atoms with Crippen LogP contribution < -0.4 is 0 Å². The van der Waals surface area contributed by atoms with Gasteiger partial charge in [-0.25, -0.2) is 0 Å². The van der Waals surface area contributed by atoms with Gasteiger partial charge in [-0.1, -0.05) is 23.3 Å². The smallest absolute Gasteiger partial charge is 0.396 e. The molecule has 16 heavy (non-hydrogen) atoms. The molecule has 0 N–H and O–H groups in total. The molecule has 0 aromatic heterocycles. The minimum atomic E-state index is -1.16. The lowest BCUT2D eigenvalue weighted by Crippen LogP contribution is -2.28. The van der Waals surface area contributed by atoms with Crippen LogP contribution in [0.3, 0.4) is 0 Å². The summed E-state index contributed by atoms with van der Waals surface area (Å²) in [5.74, 6) is 0. The van der Waals surface area contributed by atoms with Gasteiger partial charge in [0.05, 0.1) is 0 Å². The van der Waals surface area contributed by atoms with Crippen molar-refractivity contribution in [3.8, 4) is 0 Å². The Labute approximate surface area is 100 Å². The Hall–Kier alpha value is -0.383. The average Bonchev–Trinajstić information content (AvgIpc) is 2.98. The number of hydrogen-bond acceptors (Lipinski definition) is 2. The maximum atomic E-state index is 5.58. The van der Waals surface area contributed by atoms with Crippen molar-refractivity contribution in [3.63, 3.8) is 0 Å². The van der Waals surface area contributed by atoms with Crippen LogP contribution in [-0.2, 0) is 8.85 Å². The Kier molecular flexibility index (Phi) is 4.38. The van der Waals surface area contributed by atoms with Crippen molar-refractivity contribution in [1.29, 1.82) is 0 Å². The second kappa shape index (κ2) is 5.80. The van der Waals surface area contributed by atoms with Crippen LogP contribution in [0.1, 0.15) is 38.5 Å². The number of hydrogen-bond donors (Lipinski definition) is 0. The average molecular weight is 237 g/mol. The van der Waals surface area contributed by atoms with Gasteiger partial charge < -0.3 is 8.85 Å². The Morgan fingerprint density at radius 2 is 1.50 bits per heavy atom. The monoisotopic (exact) mass is 237 g/mol. The lowest BCUT2D eigenvalue weighted by Gasteiger charge is -2.24. The Morgan fingerprint density at radius 1 is 1.00 bits per heavy atom. The molecule has 0 bridgehead atoms. The Morgan fingerprint density at radius 3 is 1.81 bits per heavy atom. The van der Waals surface area contributed by atoms with Crippen molar-refractivity contribution >= 4 is 9.28 Å². The van der Waals surface area contributed by atoms with Crippen LogP contribution in [0.25, 0.3) is 0 Å². The summed E-state index contributed by atoms with van der Waals surface area (Å²) in [7, 11) is 2.41. The highest BCUT2D eigenvalue weighted by molar-refractivity contribution is 6.48. The maximum absolute atomic E-state index is 5.58. The molecule has 89 valence electrons. The van der Waals surface area contributed by atoms with E-state index in [4.69, 9.17) is 8.85 Å². The van der Waals surface area contributed by atoms with Crippen molar-refractivity contribution in [2.45, 2.75) is 44.1 Å². The van der Waals surface area contributed by atoms with Crippen LogP contribution in [0.5, 0.6) is 0 Å². The summed E-state index contributed by atoms with van der Waals surface area (Å²) in [5.41, 5.74) is 3.63. The van der Waals surface area contributed by atoms with Crippen LogP contribution >= 0.6 is 0 Å². The zero-order valence-corrected chi connectivity index (χ0v) is 11.3. The molecule has 1 radical (unpaired) electrons. The van der Waals surface area contributed by atoms with E-state index in [-0.39, 0.29) is 0 Å². The summed E-state index contributed by atoms with van der Waals surface area (Å²) in [6, 6.07) is 0. The van der Waals surface area contributed by atoms with Gasteiger partial charge in [-0.15, -0.1) is 0 Å². The zero-order valence-electron chi connectivity index (χ0n) is 10.3. The van der Waals surface area contributed by atoms with E-state index in [0.717, 1.165) is 0 Å². The lowest BCUT2D eigenvalue weighted by molar-refractivity contribution is 0.272. The van der Waals surface area contributed by atoms with E-state index in [0.29, 0.717) is 5.54 Å². The first kappa shape index (κ1) is 12.1. The minimum Gasteiger partial charge on any atom is -0.396 e. The quantitative estimate of drug-likeness (QED) is 0.539. The first-order valence-corrected chi connectivity index (χ1v) is 7.59. The van der Waals surface area contributed by atoms with Crippen LogP contribution in [0.2, 0.25) is 5.54 Å². The van der Waals surface area contributed by atoms with Crippen LogP contribution in [-0.4, -0.2) is 23.5 Å². The van der Waals surface area contributed by atoms with Crippen LogP contribution in [0.4, 0.5) is 0 Å². The molecule has 0 fully saturated rings. The van der Waals surface area contributed by atoms with Crippen molar-refractivity contribution in [2.75, 3.05) is 14.2 Å². The van der Waals surface area contributed by atoms with E-state index in [1.54, 1.807) is 25.4 Å². The summed E-state index contributed by atoms with van der Waals surface area (Å²) in [5, 5.41) is 0. The van der Waals surface area contributed by atoms with Crippen molar-refractivity contribution < 1.29 is 8.85 Å². The first-order valence-electron chi connectivity index (χ1n) is 6.19. The largest absolute Gasteiger partial charge is 0.396 e. The summed E-state index contributed by atoms with van der Waals surface area (Å²) in [6.07, 6.45) is 12.4. The second-order valence-electron chi connectivity index (χ2n) is 4.50. The van der Waals surface area contributed by atoms with Gasteiger partial charge in [0.1, 0.15) is 0 Å². The molecule has 0 saturated heterocycles. The van der Waals surface area contributed by atoms with Crippen molar-refractivity contribution in [3.05, 3.63) is 23.3 Å². The number of rotatable bonds is 5. The summed E-state index contributed by atoms with van der Waals surface area (Å²) in [6.45, 7) is 0. The van der Waals surface area contributed by atoms with E-state index in [1.807, 2.05) is 0 Å². The van der Waals surface area contributed by atoms with Gasteiger partial charge in [0.15, 0.2) is 0 Å². The summed E-state index contributed by atoms with van der Waals surface area (Å²) in [4.78, 5) is 0. The third-order valence-corrected chi connectivity index (χ3v) is 5.55. The normalized spacial score (nSPS) is 20.8. The topological polar surface area (TPSA) is 18.5 Å². The third-order valence-electron chi connectivity index (χ3n) is 3.53. The molecule has 2 aliphatic rings. The minimum absolute atomic E-state index is 0.477. The molecule has 0 aliphatic heterocycles. The van der Waals surface area contributed by atoms with Crippen LogP contribution in [0, 0.1) is 0 Å². The van der Waals surface area contributed by atoms with Crippen molar-refractivity contribution in [2.24, 2.45) is 0 Å². The van der Waals surface area contributed by atoms with E-state index in [1.165, 1.54) is 38.5 Å². The molecule has 2 aliphatic carbocycles. The molecule has 0 aromatic carbocycles. The molecular weight excluding hydrogens is 216 g/mol. The molecule has 0 amide bonds. The zero-order chi connectivity index (χ0) is 11.4. The lowest BCUT2D eigenvalue weighted by atomic mass is 10.0. The molecule has 2 rings (SSSR count). The molecular formula is C13H21O2Si. The fraction of sp³-hybridized carbons (Fsp3) is 0.692. The SMILES string of the molecule is CO[Si](OC)C(C1=CCCC1)C1=CCCC1. The van der Waals surface area contributed by atoms with E-state index >= 15 is 0 Å². The predicted molar refractivity (Wildman–Crippen MR) is 67.4 cm³/mol. The van der Waals surface area contributed by atoms with Gasteiger partial charge in [-0.3, -0.25) is 0 Å². The standard InChI is InChI=1S/C13H21O2Si/c1-14-16(15-2)13(11-7-3-4-8-11)12-9-5-6-10-12/h7,9,13H,3-6,8,10H2,1-2H3. The maximum Gasteiger partial charge on any atom is 0.396 e. The fourth-order valence-corrected chi connectivity index (χ4v) is 4.54. The molecule has 0 unspecified atom stereocenters. The summed E-state index contributed by atoms with van der Waals surface area (Å²) >= 11 is 0. The van der Waals surface area contributed by atoms with Crippen LogP contribution in [0.15, 0.2) is 23.3 Å². The van der Waals surface area contributed by atoms with Gasteiger partial charge in [0.25, 0.3) is 0 Å². The highest BCUT2D eigenvalue weighted by Crippen LogP contribution is 2.41. The van der Waals surface area contributed by atoms with E-state index in [9.17, 15) is 0 Å². The van der Waals surface area contributed by atoms with Gasteiger partial charge in [-0.05, 0) is 38.5 Å². The van der Waals surface area contributed by atoms with Gasteiger partial charge in [-0.2, -0.15) is 0 Å². The second-order valence-corrected chi connectivity index (χ2v) is 6.53. The first-order chi connectivity index (χ1) is 7.86. The fourth-order valence-electron chi connectivity index (χ4n) is 2.78. The Bertz CT molecular complexity index is 268. The van der Waals surface area contributed by atoms with Gasteiger partial charge in [0, 0.05) is 19.8 Å². The molecule has 0 saturated carbocycles. The predicted octanol–water partition coefficient (Wildman–Crippen LogP) is 3.36. The molecule has 2 nitrogen and oxygen atoms in total. The van der Waals surface area contributed by atoms with E-state index in [2.05, 4.69) is 12.2 Å². The number of allylic oxidation sites excluding steroid dienone is 4. The van der Waals surface area contributed by atoms with Crippen molar-refractivity contribution in [1.82, 2.24) is 0 Å². The van der Waals surface area contributed by atoms with Gasteiger partial charge >= 0.3 is 9.28 Å². The third kappa shape index (κ3) is 2.47. The molecule has 0 atom stereocenters. The molecule has 0 heterocycles. The molecule has 3 heteroatoms. The highest BCUT2D eigenvalue weighted by Gasteiger charge is 2.34. The Balaban J connectivity index is 2.17. The molecule has 0 aromatic rings. The summed E-state index contributed by atoms with van der Waals surface area (Å²) < 4.78 is 11.2. The molecule has 0 spiro atoms. The highest BCUT2D eigenvalue weighted by atomic mass is 28.3. The van der Waals surface area contributed by atoms with E-state index < -0.39 is 9.28 Å².